The third-order valence-corrected chi connectivity index (χ3v) is 3.34. The molecular weight excluding hydrogens is 210 g/mol. The van der Waals surface area contributed by atoms with Crippen LogP contribution in [-0.2, 0) is 4.43 Å². The molecule has 1 heterocycles. The molecule has 0 spiro atoms. The predicted molar refractivity (Wildman–Crippen MR) is 64.3 cm³/mol. The lowest BCUT2D eigenvalue weighted by molar-refractivity contribution is 0.0833. The van der Waals surface area contributed by atoms with E-state index < -0.39 is 9.04 Å². The molecule has 1 aromatic rings. The van der Waals surface area contributed by atoms with Crippen molar-refractivity contribution < 1.29 is 4.43 Å². The van der Waals surface area contributed by atoms with Crippen LogP contribution in [0.25, 0.3) is 0 Å². The molecule has 14 heavy (non-hydrogen) atoms. The van der Waals surface area contributed by atoms with E-state index >= 15 is 0 Å². The van der Waals surface area contributed by atoms with E-state index in [-0.39, 0.29) is 11.5 Å². The monoisotopic (exact) mass is 229 g/mol. The number of hydrogen-bond acceptors (Lipinski definition) is 3. The van der Waals surface area contributed by atoms with Gasteiger partial charge in [-0.15, -0.1) is 11.3 Å². The van der Waals surface area contributed by atoms with E-state index in [4.69, 9.17) is 4.43 Å². The van der Waals surface area contributed by atoms with Gasteiger partial charge in [0.2, 0.25) is 0 Å². The summed E-state index contributed by atoms with van der Waals surface area (Å²) in [6.07, 6.45) is 0.153. The molecule has 0 bridgehead atoms. The summed E-state index contributed by atoms with van der Waals surface area (Å²) < 4.78 is 6.04. The average molecular weight is 229 g/mol. The third-order valence-electron chi connectivity index (χ3n) is 1.91. The predicted octanol–water partition coefficient (Wildman–Crippen LogP) is 3.23. The van der Waals surface area contributed by atoms with Gasteiger partial charge in [0.25, 0.3) is 0 Å². The first-order valence-corrected chi connectivity index (χ1v) is 8.67. The van der Waals surface area contributed by atoms with Crippen molar-refractivity contribution in [2.24, 2.45) is 5.41 Å². The molecule has 0 aliphatic carbocycles. The van der Waals surface area contributed by atoms with Crippen LogP contribution in [-0.4, -0.2) is 14.0 Å². The molecule has 80 valence electrons. The van der Waals surface area contributed by atoms with Crippen LogP contribution in [0.4, 0.5) is 0 Å². The van der Waals surface area contributed by atoms with Gasteiger partial charge in [-0.2, -0.15) is 0 Å². The largest absolute Gasteiger partial charge is 0.412 e. The summed E-state index contributed by atoms with van der Waals surface area (Å²) in [4.78, 5) is 4.35. The summed E-state index contributed by atoms with van der Waals surface area (Å²) >= 11 is 1.64. The van der Waals surface area contributed by atoms with Gasteiger partial charge in [-0.05, 0) is 18.5 Å². The van der Waals surface area contributed by atoms with Gasteiger partial charge in [0.05, 0.1) is 17.3 Å². The molecule has 2 nitrogen and oxygen atoms in total. The highest BCUT2D eigenvalue weighted by atomic mass is 32.1. The van der Waals surface area contributed by atoms with Crippen LogP contribution < -0.4 is 0 Å². The highest BCUT2D eigenvalue weighted by Crippen LogP contribution is 2.36. The van der Waals surface area contributed by atoms with Crippen molar-refractivity contribution in [3.63, 3.8) is 0 Å². The fourth-order valence-electron chi connectivity index (χ4n) is 1.34. The van der Waals surface area contributed by atoms with Crippen molar-refractivity contribution in [1.29, 1.82) is 0 Å². The normalized spacial score (nSPS) is 14.7. The molecule has 1 atom stereocenters. The van der Waals surface area contributed by atoms with Crippen LogP contribution in [0.5, 0.6) is 0 Å². The lowest BCUT2D eigenvalue weighted by atomic mass is 9.88. The molecule has 1 aromatic heterocycles. The van der Waals surface area contributed by atoms with E-state index in [1.54, 1.807) is 11.3 Å². The maximum atomic E-state index is 6.04. The van der Waals surface area contributed by atoms with E-state index in [0.29, 0.717) is 0 Å². The Morgan fingerprint density at radius 2 is 2.07 bits per heavy atom. The molecule has 0 saturated carbocycles. The summed E-state index contributed by atoms with van der Waals surface area (Å²) in [6.45, 7) is 11.0. The first-order valence-electron chi connectivity index (χ1n) is 4.95. The molecule has 0 amide bonds. The van der Waals surface area contributed by atoms with E-state index in [1.807, 2.05) is 5.51 Å². The van der Waals surface area contributed by atoms with Gasteiger partial charge in [-0.25, -0.2) is 4.98 Å². The summed E-state index contributed by atoms with van der Waals surface area (Å²) in [5.41, 5.74) is 3.09. The lowest BCUT2D eigenvalue weighted by Gasteiger charge is -2.31. The molecular formula is C10H19NOSSi. The number of aromatic nitrogens is 1. The zero-order valence-corrected chi connectivity index (χ0v) is 11.5. The Morgan fingerprint density at radius 3 is 2.43 bits per heavy atom. The van der Waals surface area contributed by atoms with Crippen LogP contribution in [0, 0.1) is 5.41 Å². The van der Waals surface area contributed by atoms with Gasteiger partial charge in [-0.1, -0.05) is 20.8 Å². The molecule has 0 aliphatic rings. The number of hydrogen-bond donors (Lipinski definition) is 0. The number of rotatable bonds is 3. The molecule has 0 radical (unpaired) electrons. The summed E-state index contributed by atoms with van der Waals surface area (Å²) in [7, 11) is -1.01. The van der Waals surface area contributed by atoms with Gasteiger partial charge < -0.3 is 4.43 Å². The van der Waals surface area contributed by atoms with Gasteiger partial charge >= 0.3 is 0 Å². The Bertz CT molecular complexity index is 266. The van der Waals surface area contributed by atoms with Crippen molar-refractivity contribution in [2.45, 2.75) is 40.0 Å². The van der Waals surface area contributed by atoms with Crippen molar-refractivity contribution >= 4 is 20.4 Å². The molecule has 0 saturated heterocycles. The van der Waals surface area contributed by atoms with Crippen LogP contribution >= 0.6 is 11.3 Å². The molecule has 0 aromatic carbocycles. The molecule has 1 rings (SSSR count). The van der Waals surface area contributed by atoms with Gasteiger partial charge in [0.15, 0.2) is 9.04 Å². The maximum absolute atomic E-state index is 6.04. The third kappa shape index (κ3) is 3.19. The first-order chi connectivity index (χ1) is 6.41. The Labute approximate surface area is 92.1 Å². The minimum Gasteiger partial charge on any atom is -0.412 e. The van der Waals surface area contributed by atoms with E-state index in [0.717, 1.165) is 5.69 Å². The van der Waals surface area contributed by atoms with Gasteiger partial charge in [-0.3, -0.25) is 0 Å². The van der Waals surface area contributed by atoms with Crippen LogP contribution in [0.1, 0.15) is 32.6 Å². The quantitative estimate of drug-likeness (QED) is 0.742. The van der Waals surface area contributed by atoms with Crippen molar-refractivity contribution in [3.05, 3.63) is 16.6 Å². The van der Waals surface area contributed by atoms with Crippen LogP contribution in [0.2, 0.25) is 13.1 Å². The smallest absolute Gasteiger partial charge is 0.171 e. The van der Waals surface area contributed by atoms with Crippen LogP contribution in [0.15, 0.2) is 10.9 Å². The first kappa shape index (κ1) is 11.9. The van der Waals surface area contributed by atoms with Crippen molar-refractivity contribution in [1.82, 2.24) is 4.98 Å². The Hall–Kier alpha value is -0.193. The van der Waals surface area contributed by atoms with E-state index in [2.05, 4.69) is 44.2 Å². The zero-order valence-electron chi connectivity index (χ0n) is 9.57. The number of thiazole rings is 1. The minimum atomic E-state index is -1.01. The second kappa shape index (κ2) is 4.55. The topological polar surface area (TPSA) is 22.1 Å². The average Bonchev–Trinajstić information content (AvgIpc) is 2.49. The van der Waals surface area contributed by atoms with E-state index in [9.17, 15) is 0 Å². The van der Waals surface area contributed by atoms with Gasteiger partial charge in [0, 0.05) is 5.38 Å². The Morgan fingerprint density at radius 1 is 1.43 bits per heavy atom. The fraction of sp³-hybridized carbons (Fsp3) is 0.700. The summed E-state index contributed by atoms with van der Waals surface area (Å²) in [5.74, 6) is 0. The number of nitrogens with zero attached hydrogens (tertiary/aromatic N) is 1. The second-order valence-corrected chi connectivity index (χ2v) is 7.93. The molecule has 4 heteroatoms. The maximum Gasteiger partial charge on any atom is 0.171 e. The van der Waals surface area contributed by atoms with Gasteiger partial charge in [0.1, 0.15) is 0 Å². The standard InChI is InChI=1S/C10H19NOSSi/c1-10(2,3)9(12-14(4)5)8-6-13-7-11-8/h6-7,9,14H,1-5H3. The minimum absolute atomic E-state index is 0.130. The molecule has 0 aliphatic heterocycles. The Kier molecular flexibility index (Phi) is 3.86. The van der Waals surface area contributed by atoms with Crippen molar-refractivity contribution in [2.75, 3.05) is 0 Å². The summed E-state index contributed by atoms with van der Waals surface area (Å²) in [5, 5.41) is 2.09. The molecule has 0 fully saturated rings. The SMILES string of the molecule is C[SiH](C)OC(c1cscn1)C(C)(C)C. The fourth-order valence-corrected chi connectivity index (χ4v) is 3.00. The Balaban J connectivity index is 2.83. The molecule has 1 unspecified atom stereocenters. The van der Waals surface area contributed by atoms with Crippen LogP contribution in [0.3, 0.4) is 0 Å². The second-order valence-electron chi connectivity index (χ2n) is 4.84. The van der Waals surface area contributed by atoms with Crippen molar-refractivity contribution in [3.8, 4) is 0 Å². The highest BCUT2D eigenvalue weighted by Gasteiger charge is 2.29. The summed E-state index contributed by atoms with van der Waals surface area (Å²) in [6, 6.07) is 0. The molecule has 0 N–H and O–H groups in total. The lowest BCUT2D eigenvalue weighted by Crippen LogP contribution is -2.26. The zero-order chi connectivity index (χ0) is 10.8. The van der Waals surface area contributed by atoms with E-state index in [1.165, 1.54) is 0 Å². The highest BCUT2D eigenvalue weighted by molar-refractivity contribution is 7.07.